The first-order valence-electron chi connectivity index (χ1n) is 8.68. The molecule has 2 aromatic rings. The van der Waals surface area contributed by atoms with E-state index >= 15 is 0 Å². The fourth-order valence-electron chi connectivity index (χ4n) is 3.22. The molecule has 134 valence electrons. The fourth-order valence-corrected chi connectivity index (χ4v) is 3.22. The van der Waals surface area contributed by atoms with Crippen LogP contribution in [0.5, 0.6) is 0 Å². The molecule has 0 atom stereocenters. The second-order valence-electron chi connectivity index (χ2n) is 7.03. The largest absolute Gasteiger partial charge is 0.355 e. The number of carbonyl (C=O) groups excluding carboxylic acids is 1. The first-order valence-corrected chi connectivity index (χ1v) is 8.68. The van der Waals surface area contributed by atoms with Crippen molar-refractivity contribution in [3.63, 3.8) is 0 Å². The van der Waals surface area contributed by atoms with Crippen LogP contribution in [0.4, 0.5) is 0 Å². The number of aromatic nitrogens is 2. The number of hydrogen-bond donors (Lipinski definition) is 3. The molecule has 1 fully saturated rings. The molecule has 1 amide bonds. The zero-order chi connectivity index (χ0) is 17.9. The molecule has 0 saturated carbocycles. The predicted octanol–water partition coefficient (Wildman–Crippen LogP) is 0.586. The van der Waals surface area contributed by atoms with Gasteiger partial charge in [-0.1, -0.05) is 19.1 Å². The van der Waals surface area contributed by atoms with Crippen molar-refractivity contribution in [3.8, 4) is 0 Å². The first kappa shape index (κ1) is 17.4. The van der Waals surface area contributed by atoms with Crippen LogP contribution in [0.3, 0.4) is 0 Å². The monoisotopic (exact) mass is 344 g/mol. The van der Waals surface area contributed by atoms with E-state index in [1.807, 2.05) is 0 Å². The minimum Gasteiger partial charge on any atom is -0.355 e. The van der Waals surface area contributed by atoms with E-state index in [4.69, 9.17) is 0 Å². The molecule has 3 rings (SSSR count). The normalized spacial score (nSPS) is 16.7. The van der Waals surface area contributed by atoms with E-state index < -0.39 is 0 Å². The number of rotatable bonds is 5. The molecule has 0 radical (unpaired) electrons. The lowest BCUT2D eigenvalue weighted by atomic mass is 9.81. The van der Waals surface area contributed by atoms with Gasteiger partial charge in [-0.3, -0.25) is 19.5 Å². The van der Waals surface area contributed by atoms with E-state index in [0.29, 0.717) is 17.3 Å². The van der Waals surface area contributed by atoms with Crippen molar-refractivity contribution in [2.75, 3.05) is 19.6 Å². The van der Waals surface area contributed by atoms with E-state index in [-0.39, 0.29) is 35.4 Å². The van der Waals surface area contributed by atoms with Gasteiger partial charge in [-0.05, 0) is 43.5 Å². The van der Waals surface area contributed by atoms with Crippen LogP contribution in [-0.2, 0) is 11.3 Å². The Morgan fingerprint density at radius 2 is 1.88 bits per heavy atom. The molecule has 1 aliphatic heterocycles. The van der Waals surface area contributed by atoms with Crippen LogP contribution >= 0.6 is 0 Å². The molecule has 1 saturated heterocycles. The molecule has 7 nitrogen and oxygen atoms in total. The van der Waals surface area contributed by atoms with Crippen molar-refractivity contribution in [2.24, 2.45) is 5.41 Å². The summed E-state index contributed by atoms with van der Waals surface area (Å²) in [5.74, 6) is -0.110. The van der Waals surface area contributed by atoms with Gasteiger partial charge in [0.1, 0.15) is 0 Å². The summed E-state index contributed by atoms with van der Waals surface area (Å²) in [6, 6.07) is 6.68. The van der Waals surface area contributed by atoms with E-state index in [0.717, 1.165) is 25.9 Å². The summed E-state index contributed by atoms with van der Waals surface area (Å²) >= 11 is 0. The maximum absolute atomic E-state index is 12.4. The molecule has 7 heteroatoms. The van der Waals surface area contributed by atoms with Gasteiger partial charge in [-0.25, -0.2) is 4.68 Å². The number of H-pyrrole nitrogens is 1. The van der Waals surface area contributed by atoms with Crippen molar-refractivity contribution in [1.82, 2.24) is 20.4 Å². The van der Waals surface area contributed by atoms with Gasteiger partial charge in [0.05, 0.1) is 17.3 Å². The van der Waals surface area contributed by atoms with Crippen LogP contribution < -0.4 is 21.8 Å². The Morgan fingerprint density at radius 1 is 1.20 bits per heavy atom. The summed E-state index contributed by atoms with van der Waals surface area (Å²) in [6.45, 7) is 4.92. The molecule has 25 heavy (non-hydrogen) atoms. The van der Waals surface area contributed by atoms with Gasteiger partial charge in [0.15, 0.2) is 0 Å². The number of aryl methyl sites for hydroxylation is 1. The Kier molecular flexibility index (Phi) is 5.03. The van der Waals surface area contributed by atoms with Gasteiger partial charge in [-0.2, -0.15) is 0 Å². The van der Waals surface area contributed by atoms with Gasteiger partial charge in [0.25, 0.3) is 11.1 Å². The maximum atomic E-state index is 12.4. The van der Waals surface area contributed by atoms with E-state index in [1.165, 1.54) is 4.68 Å². The zero-order valence-corrected chi connectivity index (χ0v) is 14.4. The quantitative estimate of drug-likeness (QED) is 0.739. The Balaban J connectivity index is 1.62. The van der Waals surface area contributed by atoms with Crippen LogP contribution in [0, 0.1) is 5.41 Å². The summed E-state index contributed by atoms with van der Waals surface area (Å²) in [5.41, 5.74) is -0.485. The number of piperidine rings is 1. The van der Waals surface area contributed by atoms with Gasteiger partial charge in [0, 0.05) is 13.0 Å². The Bertz CT molecular complexity index is 878. The van der Waals surface area contributed by atoms with Gasteiger partial charge in [0.2, 0.25) is 5.91 Å². The minimum atomic E-state index is -0.321. The average molecular weight is 344 g/mol. The van der Waals surface area contributed by atoms with E-state index in [9.17, 15) is 14.4 Å². The molecule has 1 aromatic carbocycles. The lowest BCUT2D eigenvalue weighted by Crippen LogP contribution is -2.43. The Labute approximate surface area is 145 Å². The third kappa shape index (κ3) is 3.99. The highest BCUT2D eigenvalue weighted by atomic mass is 16.2. The molecule has 0 aliphatic carbocycles. The van der Waals surface area contributed by atoms with Crippen molar-refractivity contribution in [1.29, 1.82) is 0 Å². The highest BCUT2D eigenvalue weighted by Crippen LogP contribution is 2.26. The molecule has 3 N–H and O–H groups in total. The smallest absolute Gasteiger partial charge is 0.273 e. The number of carbonyl (C=O) groups is 1. The molecule has 1 aromatic heterocycles. The highest BCUT2D eigenvalue weighted by Gasteiger charge is 2.26. The fraction of sp³-hybridized carbons (Fsp3) is 0.500. The summed E-state index contributed by atoms with van der Waals surface area (Å²) in [5, 5.41) is 9.56. The van der Waals surface area contributed by atoms with Gasteiger partial charge in [-0.15, -0.1) is 0 Å². The van der Waals surface area contributed by atoms with Crippen LogP contribution in [0.25, 0.3) is 10.8 Å². The molecule has 1 aliphatic rings. The second kappa shape index (κ2) is 7.23. The number of nitrogens with one attached hydrogen (secondary N) is 3. The molecule has 0 bridgehead atoms. The summed E-state index contributed by atoms with van der Waals surface area (Å²) in [4.78, 5) is 36.6. The van der Waals surface area contributed by atoms with Gasteiger partial charge < -0.3 is 10.6 Å². The van der Waals surface area contributed by atoms with Crippen LogP contribution in [0.2, 0.25) is 0 Å². The lowest BCUT2D eigenvalue weighted by Gasteiger charge is -2.34. The number of aromatic amines is 1. The summed E-state index contributed by atoms with van der Waals surface area (Å²) in [7, 11) is 0. The van der Waals surface area contributed by atoms with Gasteiger partial charge >= 0.3 is 0 Å². The maximum Gasteiger partial charge on any atom is 0.273 e. The van der Waals surface area contributed by atoms with Crippen molar-refractivity contribution < 1.29 is 4.79 Å². The molecular formula is C18H24N4O3. The summed E-state index contributed by atoms with van der Waals surface area (Å²) in [6.07, 6.45) is 2.22. The first-order chi connectivity index (χ1) is 12.0. The predicted molar refractivity (Wildman–Crippen MR) is 96.7 cm³/mol. The highest BCUT2D eigenvalue weighted by molar-refractivity contribution is 5.80. The van der Waals surface area contributed by atoms with Crippen LogP contribution in [0.1, 0.15) is 26.2 Å². The van der Waals surface area contributed by atoms with Crippen molar-refractivity contribution in [2.45, 2.75) is 32.7 Å². The Hall–Kier alpha value is -2.41. The van der Waals surface area contributed by atoms with Crippen molar-refractivity contribution in [3.05, 3.63) is 45.0 Å². The average Bonchev–Trinajstić information content (AvgIpc) is 2.62. The molecule has 0 unspecified atom stereocenters. The molecular weight excluding hydrogens is 320 g/mol. The van der Waals surface area contributed by atoms with E-state index in [2.05, 4.69) is 22.7 Å². The number of hydrogen-bond acceptors (Lipinski definition) is 4. The second-order valence-corrected chi connectivity index (χ2v) is 7.03. The number of nitrogens with zero attached hydrogens (tertiary/aromatic N) is 1. The Morgan fingerprint density at radius 3 is 2.60 bits per heavy atom. The zero-order valence-electron chi connectivity index (χ0n) is 14.4. The van der Waals surface area contributed by atoms with Crippen LogP contribution in [-0.4, -0.2) is 35.3 Å². The number of fused-ring (bicyclic) bond motifs is 1. The topological polar surface area (TPSA) is 96.0 Å². The van der Waals surface area contributed by atoms with E-state index in [1.54, 1.807) is 24.3 Å². The van der Waals surface area contributed by atoms with Crippen LogP contribution in [0.15, 0.2) is 33.9 Å². The summed E-state index contributed by atoms with van der Waals surface area (Å²) < 4.78 is 1.22. The van der Waals surface area contributed by atoms with Crippen molar-refractivity contribution >= 4 is 16.7 Å². The SMILES string of the molecule is CC1(CNC(=O)CCn2[nH]c(=O)c3ccccc3c2=O)CCNCC1. The number of benzene rings is 1. The molecule has 2 heterocycles. The number of amides is 1. The standard InChI is InChI=1S/C18H24N4O3/c1-18(7-9-19-10-8-18)12-20-15(23)6-11-22-17(25)14-5-3-2-4-13(14)16(24)21-22/h2-5,19H,6-12H2,1H3,(H,20,23)(H,21,24). The lowest BCUT2D eigenvalue weighted by molar-refractivity contribution is -0.121. The third-order valence-electron chi connectivity index (χ3n) is 4.97. The molecule has 0 spiro atoms. The third-order valence-corrected chi connectivity index (χ3v) is 4.97. The minimum absolute atomic E-state index is 0.110.